The minimum absolute atomic E-state index is 0.353. The molecule has 230 valence electrons. The average molecular weight is 679 g/mol. The average Bonchev–Trinajstić information content (AvgIpc) is 3.44. The third kappa shape index (κ3) is 6.71. The Morgan fingerprint density at radius 3 is 2.52 bits per heavy atom. The molecule has 3 heterocycles. The van der Waals surface area contributed by atoms with Crippen LogP contribution in [0.3, 0.4) is 0 Å². The van der Waals surface area contributed by atoms with E-state index in [1.54, 1.807) is 50.5 Å². The van der Waals surface area contributed by atoms with E-state index in [0.29, 0.717) is 50.0 Å². The lowest BCUT2D eigenvalue weighted by Gasteiger charge is -2.31. The lowest BCUT2D eigenvalue weighted by atomic mass is 10.0. The number of benzene rings is 2. The van der Waals surface area contributed by atoms with Gasteiger partial charge in [-0.05, 0) is 80.4 Å². The third-order valence-electron chi connectivity index (χ3n) is 7.37. The highest BCUT2D eigenvalue weighted by atomic mass is 79.9. The Labute approximate surface area is 266 Å². The van der Waals surface area contributed by atoms with Crippen LogP contribution in [0.1, 0.15) is 26.2 Å². The van der Waals surface area contributed by atoms with Crippen molar-refractivity contribution in [1.29, 1.82) is 0 Å². The van der Waals surface area contributed by atoms with E-state index in [4.69, 9.17) is 9.72 Å². The predicted molar refractivity (Wildman–Crippen MR) is 186 cm³/mol. The number of halogens is 1. The minimum atomic E-state index is -2.81. The molecule has 0 atom stereocenters. The van der Waals surface area contributed by atoms with Crippen molar-refractivity contribution >= 4 is 81.5 Å². The molecule has 0 unspecified atom stereocenters. The van der Waals surface area contributed by atoms with Gasteiger partial charge in [0.1, 0.15) is 24.4 Å². The van der Waals surface area contributed by atoms with Crippen molar-refractivity contribution < 1.29 is 9.30 Å². The van der Waals surface area contributed by atoms with Crippen molar-refractivity contribution in [3.05, 3.63) is 47.3 Å². The number of hydrogen-bond acceptors (Lipinski definition) is 10. The highest BCUT2D eigenvalue weighted by Crippen LogP contribution is 2.46. The van der Waals surface area contributed by atoms with Crippen LogP contribution in [0.15, 0.2) is 57.3 Å². The molecule has 13 heteroatoms. The smallest absolute Gasteiger partial charge is 0.229 e. The van der Waals surface area contributed by atoms with E-state index in [1.165, 1.54) is 6.42 Å². The normalized spacial score (nSPS) is 13.7. The zero-order valence-corrected chi connectivity index (χ0v) is 28.1. The van der Waals surface area contributed by atoms with Crippen molar-refractivity contribution in [2.75, 3.05) is 49.1 Å². The number of hydrogen-bond donors (Lipinski definition) is 2. The van der Waals surface area contributed by atoms with Gasteiger partial charge >= 0.3 is 0 Å². The lowest BCUT2D eigenvalue weighted by molar-refractivity contribution is 0.416. The molecule has 2 aromatic carbocycles. The summed E-state index contributed by atoms with van der Waals surface area (Å²) in [5, 5.41) is 11.7. The highest BCUT2D eigenvalue weighted by Gasteiger charge is 2.25. The molecule has 2 aromatic heterocycles. The van der Waals surface area contributed by atoms with Crippen LogP contribution in [0.4, 0.5) is 40.2 Å². The Bertz CT molecular complexity index is 1760. The highest BCUT2D eigenvalue weighted by molar-refractivity contribution is 9.10. The Hall–Kier alpha value is -4.02. The van der Waals surface area contributed by atoms with Crippen LogP contribution in [-0.4, -0.2) is 66.2 Å². The van der Waals surface area contributed by atoms with Gasteiger partial charge in [-0.1, -0.05) is 0 Å². The van der Waals surface area contributed by atoms with Gasteiger partial charge in [0.2, 0.25) is 5.95 Å². The molecule has 0 bridgehead atoms. The van der Waals surface area contributed by atoms with Gasteiger partial charge in [-0.25, -0.2) is 4.98 Å². The molecule has 1 saturated heterocycles. The molecule has 2 N–H and O–H groups in total. The fourth-order valence-corrected chi connectivity index (χ4v) is 7.07. The van der Waals surface area contributed by atoms with Gasteiger partial charge in [-0.15, -0.1) is 0 Å². The molecule has 1 fully saturated rings. The van der Waals surface area contributed by atoms with Gasteiger partial charge in [0, 0.05) is 61.6 Å². The number of rotatable bonds is 10. The zero-order valence-electron chi connectivity index (χ0n) is 25.6. The molecular weight excluding hydrogens is 641 g/mol. The number of nitrogens with zero attached hydrogens (tertiary/aromatic N) is 7. The van der Waals surface area contributed by atoms with Crippen LogP contribution in [-0.2, 0) is 11.6 Å². The molecule has 0 amide bonds. The van der Waals surface area contributed by atoms with E-state index in [-0.39, 0.29) is 0 Å². The van der Waals surface area contributed by atoms with Crippen molar-refractivity contribution in [3.8, 4) is 16.9 Å². The van der Waals surface area contributed by atoms with Crippen molar-refractivity contribution in [2.24, 2.45) is 17.0 Å². The van der Waals surface area contributed by atoms with Crippen molar-refractivity contribution in [3.63, 3.8) is 0 Å². The second-order valence-electron chi connectivity index (χ2n) is 10.9. The first-order chi connectivity index (χ1) is 21.1. The number of aromatic nitrogens is 4. The lowest BCUT2D eigenvalue weighted by Crippen LogP contribution is -2.29. The van der Waals surface area contributed by atoms with Crippen LogP contribution in [0.5, 0.6) is 5.75 Å². The van der Waals surface area contributed by atoms with E-state index in [0.717, 1.165) is 42.7 Å². The summed E-state index contributed by atoms with van der Waals surface area (Å²) in [6.45, 7) is 10.9. The monoisotopic (exact) mass is 677 g/mol. The maximum Gasteiger partial charge on any atom is 0.229 e. The molecule has 1 aliphatic heterocycles. The SMILES string of the molecule is C=Nc1ccc(Nc2nc(Nc3cc(-c4cnn(C)c4)c(N4CCCCC4)cc3OC)ncc2Br)c(P(C)(C)=O)c1N=CC. The number of aryl methyl sites for hydroxylation is 1. The summed E-state index contributed by atoms with van der Waals surface area (Å²) in [6.07, 6.45) is 10.8. The first-order valence-corrected chi connectivity index (χ1v) is 17.7. The number of ether oxygens (including phenoxy) is 1. The Morgan fingerprint density at radius 2 is 1.89 bits per heavy atom. The Balaban J connectivity index is 1.55. The first-order valence-electron chi connectivity index (χ1n) is 14.3. The summed E-state index contributed by atoms with van der Waals surface area (Å²) >= 11 is 3.57. The van der Waals surface area contributed by atoms with Gasteiger partial charge in [0.05, 0.1) is 40.1 Å². The maximum atomic E-state index is 13.5. The van der Waals surface area contributed by atoms with Gasteiger partial charge in [0.25, 0.3) is 0 Å². The Morgan fingerprint density at radius 1 is 1.11 bits per heavy atom. The van der Waals surface area contributed by atoms with E-state index in [9.17, 15) is 4.57 Å². The van der Waals surface area contributed by atoms with Crippen molar-refractivity contribution in [1.82, 2.24) is 19.7 Å². The zero-order chi connectivity index (χ0) is 31.4. The molecule has 0 spiro atoms. The van der Waals surface area contributed by atoms with E-state index < -0.39 is 7.14 Å². The quantitative estimate of drug-likeness (QED) is 0.131. The summed E-state index contributed by atoms with van der Waals surface area (Å²) in [4.78, 5) is 20.3. The fourth-order valence-electron chi connectivity index (χ4n) is 5.39. The van der Waals surface area contributed by atoms with Crippen LogP contribution < -0.4 is 25.6 Å². The Kier molecular flexibility index (Phi) is 9.51. The summed E-state index contributed by atoms with van der Waals surface area (Å²) in [7, 11) is 0.766. The van der Waals surface area contributed by atoms with E-state index in [1.807, 2.05) is 25.5 Å². The molecular formula is C31H37BrN9O2P. The second kappa shape index (κ2) is 13.3. The largest absolute Gasteiger partial charge is 0.494 e. The molecule has 0 aliphatic carbocycles. The summed E-state index contributed by atoms with van der Waals surface area (Å²) in [6, 6.07) is 7.75. The van der Waals surface area contributed by atoms with Crippen LogP contribution in [0.25, 0.3) is 11.1 Å². The van der Waals surface area contributed by atoms with Gasteiger partial charge in [-0.2, -0.15) is 10.1 Å². The van der Waals surface area contributed by atoms with Crippen molar-refractivity contribution in [2.45, 2.75) is 26.2 Å². The molecule has 4 aromatic rings. The topological polar surface area (TPSA) is 122 Å². The van der Waals surface area contributed by atoms with Gasteiger partial charge in [-0.3, -0.25) is 14.7 Å². The number of aliphatic imine (C=N–C) groups is 2. The molecule has 1 aliphatic rings. The standard InChI is InChI=1S/C31H37BrN9O2P/c1-7-34-28-23(33-2)11-12-24(29(28)44(5,6)42)37-30-22(32)18-35-31(39-30)38-25-15-21(20-17-36-40(3)19-20)26(16-27(25)43-4)41-13-9-8-10-14-41/h7,11-12,15-19H,2,8-10,13-14H2,1,3-6H3,(H2,35,37,38,39). The molecule has 0 saturated carbocycles. The molecule has 44 heavy (non-hydrogen) atoms. The predicted octanol–water partition coefficient (Wildman–Crippen LogP) is 7.43. The fraction of sp³-hybridized carbons (Fsp3) is 0.323. The summed E-state index contributed by atoms with van der Waals surface area (Å²) in [5.41, 5.74) is 5.57. The van der Waals surface area contributed by atoms with Crippen LogP contribution >= 0.6 is 23.1 Å². The van der Waals surface area contributed by atoms with E-state index in [2.05, 4.69) is 70.4 Å². The minimum Gasteiger partial charge on any atom is -0.494 e. The summed E-state index contributed by atoms with van der Waals surface area (Å²) < 4.78 is 21.8. The first kappa shape index (κ1) is 31.4. The third-order valence-corrected chi connectivity index (χ3v) is 9.48. The number of piperidine rings is 1. The van der Waals surface area contributed by atoms with Crippen LogP contribution in [0.2, 0.25) is 0 Å². The van der Waals surface area contributed by atoms with Gasteiger partial charge < -0.3 is 24.8 Å². The molecule has 0 radical (unpaired) electrons. The maximum absolute atomic E-state index is 13.5. The van der Waals surface area contributed by atoms with E-state index >= 15 is 0 Å². The van der Waals surface area contributed by atoms with Crippen LogP contribution in [0, 0.1) is 0 Å². The van der Waals surface area contributed by atoms with Gasteiger partial charge in [0.15, 0.2) is 0 Å². The number of methoxy groups -OCH3 is 1. The molecule has 5 rings (SSSR count). The second-order valence-corrected chi connectivity index (χ2v) is 14.9. The number of anilines is 5. The summed E-state index contributed by atoms with van der Waals surface area (Å²) in [5.74, 6) is 1.51. The number of nitrogens with one attached hydrogen (secondary N) is 2. The molecule has 11 nitrogen and oxygen atoms in total.